The molecule has 14 heavy (non-hydrogen) atoms. The van der Waals surface area contributed by atoms with Crippen LogP contribution in [0.25, 0.3) is 6.08 Å². The van der Waals surface area contributed by atoms with Crippen LogP contribution in [0.2, 0.25) is 0 Å². The van der Waals surface area contributed by atoms with Gasteiger partial charge in [-0.05, 0) is 19.1 Å². The first-order valence-corrected chi connectivity index (χ1v) is 4.04. The van der Waals surface area contributed by atoms with Crippen LogP contribution in [0.1, 0.15) is 12.6 Å². The fourth-order valence-corrected chi connectivity index (χ4v) is 0.965. The van der Waals surface area contributed by atoms with Gasteiger partial charge in [-0.1, -0.05) is 0 Å². The molecule has 0 unspecified atom stereocenters. The molecule has 0 aliphatic heterocycles. The number of rotatable bonds is 3. The van der Waals surface area contributed by atoms with Gasteiger partial charge in [0.2, 0.25) is 0 Å². The van der Waals surface area contributed by atoms with Gasteiger partial charge in [0.05, 0.1) is 5.69 Å². The Labute approximate surface area is 78.3 Å². The van der Waals surface area contributed by atoms with Crippen molar-refractivity contribution in [1.29, 1.82) is 0 Å². The van der Waals surface area contributed by atoms with Crippen LogP contribution >= 0.6 is 0 Å². The molecule has 0 spiro atoms. The first-order chi connectivity index (χ1) is 6.45. The Hall–Kier alpha value is -1.27. The fourth-order valence-electron chi connectivity index (χ4n) is 0.965. The van der Waals surface area contributed by atoms with Crippen LogP contribution < -0.4 is 0 Å². The SMILES string of the molecule is CCn1nccc1/C=C(\F)[B-](F)(F)F. The van der Waals surface area contributed by atoms with E-state index in [1.165, 1.54) is 16.9 Å². The molecular formula is C7H8BF4N2-. The Bertz CT molecular complexity index is 342. The van der Waals surface area contributed by atoms with E-state index < -0.39 is 12.7 Å². The highest BCUT2D eigenvalue weighted by molar-refractivity contribution is 6.66. The van der Waals surface area contributed by atoms with Gasteiger partial charge in [-0.25, -0.2) is 4.39 Å². The van der Waals surface area contributed by atoms with E-state index in [-0.39, 0.29) is 5.69 Å². The smallest absolute Gasteiger partial charge is 0.443 e. The Balaban J connectivity index is 2.97. The van der Waals surface area contributed by atoms with E-state index in [1.54, 1.807) is 6.92 Å². The predicted molar refractivity (Wildman–Crippen MR) is 46.1 cm³/mol. The average molecular weight is 207 g/mol. The van der Waals surface area contributed by atoms with Crippen molar-refractivity contribution >= 4 is 13.1 Å². The van der Waals surface area contributed by atoms with Gasteiger partial charge in [0.25, 0.3) is 0 Å². The molecular weight excluding hydrogens is 199 g/mol. The maximum Gasteiger partial charge on any atom is 0.537 e. The van der Waals surface area contributed by atoms with Crippen molar-refractivity contribution in [1.82, 2.24) is 9.78 Å². The lowest BCUT2D eigenvalue weighted by Crippen LogP contribution is -2.16. The lowest BCUT2D eigenvalue weighted by Gasteiger charge is -2.11. The van der Waals surface area contributed by atoms with Crippen molar-refractivity contribution in [3.63, 3.8) is 0 Å². The predicted octanol–water partition coefficient (Wildman–Crippen LogP) is 2.60. The molecule has 78 valence electrons. The van der Waals surface area contributed by atoms with E-state index >= 15 is 0 Å². The summed E-state index contributed by atoms with van der Waals surface area (Å²) in [5.41, 5.74) is -1.94. The normalized spacial score (nSPS) is 13.4. The molecule has 1 aromatic rings. The van der Waals surface area contributed by atoms with Crippen LogP contribution in [0.15, 0.2) is 18.0 Å². The minimum Gasteiger partial charge on any atom is -0.443 e. The second-order valence-corrected chi connectivity index (χ2v) is 2.68. The molecule has 0 bridgehead atoms. The van der Waals surface area contributed by atoms with Crippen molar-refractivity contribution in [2.24, 2.45) is 0 Å². The molecule has 0 radical (unpaired) electrons. The third-order valence-electron chi connectivity index (χ3n) is 1.65. The lowest BCUT2D eigenvalue weighted by molar-refractivity contribution is 0.454. The number of hydrogen-bond acceptors (Lipinski definition) is 1. The average Bonchev–Trinajstić information content (AvgIpc) is 2.50. The topological polar surface area (TPSA) is 17.8 Å². The van der Waals surface area contributed by atoms with Crippen LogP contribution in [0.3, 0.4) is 0 Å². The van der Waals surface area contributed by atoms with Crippen molar-refractivity contribution in [3.05, 3.63) is 23.7 Å². The molecule has 7 heteroatoms. The van der Waals surface area contributed by atoms with Crippen molar-refractivity contribution in [2.45, 2.75) is 13.5 Å². The summed E-state index contributed by atoms with van der Waals surface area (Å²) in [6.45, 7) is -3.44. The highest BCUT2D eigenvalue weighted by Gasteiger charge is 2.29. The van der Waals surface area contributed by atoms with Crippen LogP contribution in [0, 0.1) is 0 Å². The summed E-state index contributed by atoms with van der Waals surface area (Å²) < 4.78 is 49.4. The molecule has 0 amide bonds. The van der Waals surface area contributed by atoms with Crippen molar-refractivity contribution in [2.75, 3.05) is 0 Å². The largest absolute Gasteiger partial charge is 0.537 e. The summed E-state index contributed by atoms with van der Waals surface area (Å²) in [4.78, 5) is 0. The molecule has 1 heterocycles. The molecule has 0 saturated carbocycles. The highest BCUT2D eigenvalue weighted by Crippen LogP contribution is 2.23. The zero-order chi connectivity index (χ0) is 10.8. The Morgan fingerprint density at radius 2 is 2.21 bits per heavy atom. The van der Waals surface area contributed by atoms with Crippen LogP contribution in [-0.4, -0.2) is 16.8 Å². The minimum atomic E-state index is -5.54. The van der Waals surface area contributed by atoms with Crippen LogP contribution in [0.4, 0.5) is 17.3 Å². The van der Waals surface area contributed by atoms with Gasteiger partial charge in [-0.3, -0.25) is 4.68 Å². The Kier molecular flexibility index (Phi) is 2.98. The second kappa shape index (κ2) is 3.85. The highest BCUT2D eigenvalue weighted by atomic mass is 19.4. The zero-order valence-electron chi connectivity index (χ0n) is 7.42. The minimum absolute atomic E-state index is 0.115. The summed E-state index contributed by atoms with van der Waals surface area (Å²) in [6, 6.07) is 1.32. The number of nitrogens with zero attached hydrogens (tertiary/aromatic N) is 2. The molecule has 0 N–H and O–H groups in total. The molecule has 0 fully saturated rings. The summed E-state index contributed by atoms with van der Waals surface area (Å²) in [7, 11) is 0. The van der Waals surface area contributed by atoms with Gasteiger partial charge < -0.3 is 12.9 Å². The molecule has 0 atom stereocenters. The lowest BCUT2D eigenvalue weighted by atomic mass is 9.89. The zero-order valence-corrected chi connectivity index (χ0v) is 7.42. The molecule has 2 nitrogen and oxygen atoms in total. The van der Waals surface area contributed by atoms with E-state index in [0.717, 1.165) is 0 Å². The number of aromatic nitrogens is 2. The standard InChI is InChI=1S/C7H8BF4N2/c1-2-14-6(3-4-13-14)5-7(9)8(10,11)12/h3-5H,2H2,1H3/q-1/b7-5-. The molecule has 0 aliphatic carbocycles. The van der Waals surface area contributed by atoms with Crippen LogP contribution in [-0.2, 0) is 6.54 Å². The monoisotopic (exact) mass is 207 g/mol. The van der Waals surface area contributed by atoms with E-state index in [2.05, 4.69) is 5.10 Å². The number of halogens is 4. The quantitative estimate of drug-likeness (QED) is 0.550. The second-order valence-electron chi connectivity index (χ2n) is 2.68. The van der Waals surface area contributed by atoms with Gasteiger partial charge >= 0.3 is 6.98 Å². The maximum atomic E-state index is 12.5. The van der Waals surface area contributed by atoms with E-state index in [9.17, 15) is 17.3 Å². The summed E-state index contributed by atoms with van der Waals surface area (Å²) in [5.74, 6) is 0. The van der Waals surface area contributed by atoms with Gasteiger partial charge in [-0.2, -0.15) is 5.10 Å². The summed E-state index contributed by atoms with van der Waals surface area (Å²) >= 11 is 0. The van der Waals surface area contributed by atoms with E-state index in [4.69, 9.17) is 0 Å². The molecule has 0 aromatic carbocycles. The molecule has 1 aromatic heterocycles. The van der Waals surface area contributed by atoms with E-state index in [1.807, 2.05) is 0 Å². The first kappa shape index (κ1) is 10.8. The molecule has 0 saturated heterocycles. The maximum absolute atomic E-state index is 12.5. The summed E-state index contributed by atoms with van der Waals surface area (Å²) in [5, 5.41) is 3.71. The Morgan fingerprint density at radius 1 is 1.57 bits per heavy atom. The number of hydrogen-bond donors (Lipinski definition) is 0. The van der Waals surface area contributed by atoms with Crippen molar-refractivity contribution in [3.8, 4) is 0 Å². The third kappa shape index (κ3) is 2.37. The van der Waals surface area contributed by atoms with Crippen LogP contribution in [0.5, 0.6) is 0 Å². The Morgan fingerprint density at radius 3 is 2.71 bits per heavy atom. The van der Waals surface area contributed by atoms with Gasteiger partial charge in [-0.15, -0.1) is 0 Å². The van der Waals surface area contributed by atoms with Gasteiger partial charge in [0.1, 0.15) is 0 Å². The fraction of sp³-hybridized carbons (Fsp3) is 0.286. The molecule has 1 rings (SSSR count). The third-order valence-corrected chi connectivity index (χ3v) is 1.65. The van der Waals surface area contributed by atoms with Gasteiger partial charge in [0, 0.05) is 18.5 Å². The first-order valence-electron chi connectivity index (χ1n) is 4.04. The molecule has 0 aliphatic rings. The van der Waals surface area contributed by atoms with Crippen molar-refractivity contribution < 1.29 is 17.3 Å². The number of aryl methyl sites for hydroxylation is 1. The van der Waals surface area contributed by atoms with E-state index in [0.29, 0.717) is 12.6 Å². The van der Waals surface area contributed by atoms with Gasteiger partial charge in [0.15, 0.2) is 0 Å². The summed E-state index contributed by atoms with van der Waals surface area (Å²) in [6.07, 6.45) is 1.78.